The summed E-state index contributed by atoms with van der Waals surface area (Å²) >= 11 is 0. The van der Waals surface area contributed by atoms with Crippen molar-refractivity contribution in [3.8, 4) is 0 Å². The van der Waals surface area contributed by atoms with Gasteiger partial charge in [-0.15, -0.1) is 0 Å². The molecule has 1 fully saturated rings. The fraction of sp³-hybridized carbons (Fsp3) is 0.733. The molecule has 8 heteroatoms. The van der Waals surface area contributed by atoms with Gasteiger partial charge in [-0.2, -0.15) is 5.20 Å². The van der Waals surface area contributed by atoms with Gasteiger partial charge in [0.05, 0.1) is 0 Å². The Kier molecular flexibility index (Phi) is 9.71. The normalized spacial score (nSPS) is 25.6. The Morgan fingerprint density at radius 3 is 2.13 bits per heavy atom. The molecule has 1 N–H and O–H groups in total. The predicted octanol–water partition coefficient (Wildman–Crippen LogP) is -2.70. The Bertz CT molecular complexity index is 487. The van der Waals surface area contributed by atoms with Crippen molar-refractivity contribution in [2.24, 2.45) is 0 Å². The molecule has 1 heterocycles. The first-order valence-corrected chi connectivity index (χ1v) is 13.3. The van der Waals surface area contributed by atoms with E-state index >= 15 is 0 Å². The fourth-order valence-corrected chi connectivity index (χ4v) is 7.02. The van der Waals surface area contributed by atoms with E-state index in [9.17, 15) is 0 Å². The third-order valence-corrected chi connectivity index (χ3v) is 7.74. The maximum atomic E-state index is 6.28. The molecule has 0 aromatic rings. The van der Waals surface area contributed by atoms with E-state index in [1.54, 1.807) is 0 Å². The predicted molar refractivity (Wildman–Crippen MR) is 88.1 cm³/mol. The second kappa shape index (κ2) is 8.54. The van der Waals surface area contributed by atoms with Crippen molar-refractivity contribution in [3.05, 3.63) is 22.2 Å². The zero-order valence-corrected chi connectivity index (χ0v) is 20.4. The summed E-state index contributed by atoms with van der Waals surface area (Å²) in [7, 11) is -3.36. The SMILES string of the molecule is CCO[Si]1(C)C2=[C-]C(O[Si](C)(C)C)C(NC(C)(C)C)=C21.[Cl-].[Cl-].[Ti+3]. The maximum Gasteiger partial charge on any atom is 3.00 e. The van der Waals surface area contributed by atoms with Crippen molar-refractivity contribution in [2.45, 2.75) is 65.5 Å². The van der Waals surface area contributed by atoms with Gasteiger partial charge >= 0.3 is 21.7 Å². The van der Waals surface area contributed by atoms with E-state index in [4.69, 9.17) is 8.85 Å². The maximum absolute atomic E-state index is 6.28. The van der Waals surface area contributed by atoms with E-state index in [-0.39, 0.29) is 58.2 Å². The van der Waals surface area contributed by atoms with Crippen molar-refractivity contribution >= 4 is 16.6 Å². The molecule has 0 aromatic heterocycles. The quantitative estimate of drug-likeness (QED) is 0.382. The van der Waals surface area contributed by atoms with Crippen LogP contribution in [0.25, 0.3) is 0 Å². The summed E-state index contributed by atoms with van der Waals surface area (Å²) < 4.78 is 12.3. The number of halogens is 2. The van der Waals surface area contributed by atoms with E-state index in [1.807, 2.05) is 0 Å². The van der Waals surface area contributed by atoms with Crippen LogP contribution in [0.1, 0.15) is 27.7 Å². The molecule has 0 amide bonds. The van der Waals surface area contributed by atoms with Gasteiger partial charge in [-0.25, -0.2) is 11.3 Å². The van der Waals surface area contributed by atoms with Crippen LogP contribution >= 0.6 is 0 Å². The molecular weight excluding hydrogens is 401 g/mol. The molecular formula is C15H28Cl2NO2Si2Ti. The molecule has 1 aliphatic carbocycles. The molecule has 3 nitrogen and oxygen atoms in total. The summed E-state index contributed by atoms with van der Waals surface area (Å²) in [5.41, 5.74) is 1.25. The molecule has 23 heavy (non-hydrogen) atoms. The Morgan fingerprint density at radius 1 is 1.22 bits per heavy atom. The van der Waals surface area contributed by atoms with Gasteiger partial charge in [0.2, 0.25) is 0 Å². The van der Waals surface area contributed by atoms with Gasteiger partial charge in [0.15, 0.2) is 8.32 Å². The third-order valence-electron chi connectivity index (χ3n) is 3.36. The second-order valence-corrected chi connectivity index (χ2v) is 15.6. The van der Waals surface area contributed by atoms with Crippen molar-refractivity contribution in [1.29, 1.82) is 0 Å². The first-order chi connectivity index (χ1) is 8.98. The smallest absolute Gasteiger partial charge is 1.00 e. The Balaban J connectivity index is 0. The molecule has 0 spiro atoms. The number of hydrogen-bond acceptors (Lipinski definition) is 3. The zero-order valence-electron chi connectivity index (χ0n) is 15.4. The largest absolute Gasteiger partial charge is 3.00 e. The van der Waals surface area contributed by atoms with Crippen LogP contribution in [0.15, 0.2) is 16.1 Å². The Labute approximate surface area is 171 Å². The average molecular weight is 429 g/mol. The molecule has 1 radical (unpaired) electrons. The van der Waals surface area contributed by atoms with E-state index < -0.39 is 16.6 Å². The van der Waals surface area contributed by atoms with Crippen LogP contribution in [-0.2, 0) is 30.6 Å². The number of hydrogen-bond donors (Lipinski definition) is 1. The average Bonchev–Trinajstić information content (AvgIpc) is 2.58. The van der Waals surface area contributed by atoms with Crippen molar-refractivity contribution in [1.82, 2.24) is 5.32 Å². The molecule has 1 aliphatic heterocycles. The minimum atomic E-state index is -1.78. The first-order valence-electron chi connectivity index (χ1n) is 7.47. The molecule has 2 atom stereocenters. The van der Waals surface area contributed by atoms with Gasteiger partial charge in [0.1, 0.15) is 8.32 Å². The molecule has 131 valence electrons. The van der Waals surface area contributed by atoms with E-state index in [2.05, 4.69) is 65.3 Å². The number of rotatable bonds is 5. The van der Waals surface area contributed by atoms with Gasteiger partial charge in [-0.1, -0.05) is 12.2 Å². The summed E-state index contributed by atoms with van der Waals surface area (Å²) in [5.74, 6) is 0. The van der Waals surface area contributed by atoms with Gasteiger partial charge in [-0.3, -0.25) is 0 Å². The zero-order chi connectivity index (χ0) is 15.3. The van der Waals surface area contributed by atoms with Crippen molar-refractivity contribution in [3.63, 3.8) is 0 Å². The van der Waals surface area contributed by atoms with Gasteiger partial charge in [0, 0.05) is 18.2 Å². The van der Waals surface area contributed by atoms with Crippen molar-refractivity contribution in [2.75, 3.05) is 6.61 Å². The van der Waals surface area contributed by atoms with Crippen molar-refractivity contribution < 1.29 is 55.4 Å². The number of allylic oxidation sites excluding steroid dienone is 2. The minimum Gasteiger partial charge on any atom is -1.00 e. The second-order valence-electron chi connectivity index (χ2n) is 7.76. The van der Waals surface area contributed by atoms with Crippen LogP contribution < -0.4 is 30.1 Å². The van der Waals surface area contributed by atoms with Crippen LogP contribution in [-0.4, -0.2) is 34.9 Å². The summed E-state index contributed by atoms with van der Waals surface area (Å²) in [6.07, 6.45) is 3.55. The van der Waals surface area contributed by atoms with Crippen LogP contribution in [0.3, 0.4) is 0 Å². The molecule has 0 bridgehead atoms. The summed E-state index contributed by atoms with van der Waals surface area (Å²) in [6, 6.07) is 0. The molecule has 1 saturated heterocycles. The van der Waals surface area contributed by atoms with Crippen LogP contribution in [0, 0.1) is 6.08 Å². The first kappa shape index (κ1) is 26.2. The summed E-state index contributed by atoms with van der Waals surface area (Å²) in [5, 5.41) is 6.37. The molecule has 0 saturated carbocycles. The third kappa shape index (κ3) is 5.99. The summed E-state index contributed by atoms with van der Waals surface area (Å²) in [4.78, 5) is 0. The van der Waals surface area contributed by atoms with Gasteiger partial charge < -0.3 is 39.0 Å². The number of nitrogens with one attached hydrogen (secondary N) is 1. The fourth-order valence-electron chi connectivity index (χ4n) is 2.70. The monoisotopic (exact) mass is 428 g/mol. The Morgan fingerprint density at radius 2 is 1.74 bits per heavy atom. The minimum absolute atomic E-state index is 0. The van der Waals surface area contributed by atoms with E-state index in [0.717, 1.165) is 6.61 Å². The van der Waals surface area contributed by atoms with Gasteiger partial charge in [0.25, 0.3) is 0 Å². The van der Waals surface area contributed by atoms with Crippen LogP contribution in [0.5, 0.6) is 0 Å². The van der Waals surface area contributed by atoms with Crippen LogP contribution in [0.4, 0.5) is 0 Å². The van der Waals surface area contributed by atoms with E-state index in [1.165, 1.54) is 16.1 Å². The molecule has 2 aliphatic rings. The van der Waals surface area contributed by atoms with Gasteiger partial charge in [-0.05, 0) is 47.3 Å². The Hall–Kier alpha value is 0.928. The van der Waals surface area contributed by atoms with Crippen LogP contribution in [0.2, 0.25) is 26.2 Å². The summed E-state index contributed by atoms with van der Waals surface area (Å²) in [6.45, 7) is 18.3. The topological polar surface area (TPSA) is 30.5 Å². The standard InChI is InChI=1S/C15H28NO2Si2.2ClH.Ti/c1-9-17-20(8)12-10-11(18-19(5,6)7)13(14(12)20)16-15(2,3)4;;;/h11,16H,9H2,1-8H3;2*1H;/q-1;;;+3/p-2. The number of fused-ring (bicyclic) bond motifs is 1. The molecule has 0 aromatic carbocycles. The van der Waals surface area contributed by atoms with E-state index in [0.29, 0.717) is 0 Å². The molecule has 2 unspecified atom stereocenters. The molecule has 2 rings (SSSR count).